The van der Waals surface area contributed by atoms with Crippen LogP contribution in [-0.2, 0) is 20.6 Å². The topological polar surface area (TPSA) is 118 Å². The van der Waals surface area contributed by atoms with Crippen molar-refractivity contribution in [3.63, 3.8) is 0 Å². The van der Waals surface area contributed by atoms with Crippen LogP contribution in [0.2, 0.25) is 0 Å². The third-order valence-electron chi connectivity index (χ3n) is 3.95. The van der Waals surface area contributed by atoms with Crippen molar-refractivity contribution in [1.29, 1.82) is 0 Å². The van der Waals surface area contributed by atoms with Gasteiger partial charge in [0.2, 0.25) is 0 Å². The first-order valence-electron chi connectivity index (χ1n) is 9.56. The maximum absolute atomic E-state index is 13.1. The van der Waals surface area contributed by atoms with Gasteiger partial charge in [-0.1, -0.05) is 12.1 Å². The van der Waals surface area contributed by atoms with Crippen LogP contribution in [0.5, 0.6) is 11.5 Å². The highest BCUT2D eigenvalue weighted by molar-refractivity contribution is 6.35. The highest BCUT2D eigenvalue weighted by Gasteiger charge is 2.33. The molecule has 12 heteroatoms. The van der Waals surface area contributed by atoms with Crippen molar-refractivity contribution in [2.24, 2.45) is 5.10 Å². The molecule has 0 bridgehead atoms. The molecule has 33 heavy (non-hydrogen) atoms. The van der Waals surface area contributed by atoms with Crippen LogP contribution >= 0.6 is 0 Å². The fraction of sp³-hybridized carbons (Fsp3) is 0.238. The van der Waals surface area contributed by atoms with Crippen LogP contribution in [-0.4, -0.2) is 44.2 Å². The predicted molar refractivity (Wildman–Crippen MR) is 113 cm³/mol. The van der Waals surface area contributed by atoms with E-state index in [2.05, 4.69) is 15.7 Å². The van der Waals surface area contributed by atoms with E-state index in [4.69, 9.17) is 9.47 Å². The Morgan fingerprint density at radius 1 is 1.03 bits per heavy atom. The lowest BCUT2D eigenvalue weighted by atomic mass is 10.1. The van der Waals surface area contributed by atoms with Crippen molar-refractivity contribution < 1.29 is 37.0 Å². The number of anilines is 1. The lowest BCUT2D eigenvalue weighted by Crippen LogP contribution is -2.35. The van der Waals surface area contributed by atoms with Crippen LogP contribution in [0.25, 0.3) is 0 Å². The van der Waals surface area contributed by atoms with Gasteiger partial charge >= 0.3 is 18.0 Å². The van der Waals surface area contributed by atoms with E-state index in [1.165, 1.54) is 43.6 Å². The molecule has 9 nitrogen and oxygen atoms in total. The van der Waals surface area contributed by atoms with Gasteiger partial charge in [0.1, 0.15) is 0 Å². The van der Waals surface area contributed by atoms with E-state index in [9.17, 15) is 27.6 Å². The third kappa shape index (κ3) is 7.52. The largest absolute Gasteiger partial charge is 0.490 e. The van der Waals surface area contributed by atoms with Crippen LogP contribution in [0.1, 0.15) is 18.1 Å². The lowest BCUT2D eigenvalue weighted by Gasteiger charge is -2.15. The molecular weight excluding hydrogens is 445 g/mol. The molecule has 0 radical (unpaired) electrons. The molecule has 0 aliphatic heterocycles. The number of hydrogen-bond acceptors (Lipinski definition) is 6. The van der Waals surface area contributed by atoms with Gasteiger partial charge in [-0.2, -0.15) is 18.3 Å². The maximum atomic E-state index is 13.1. The molecule has 0 atom stereocenters. The van der Waals surface area contributed by atoms with Crippen molar-refractivity contribution in [3.05, 3.63) is 53.6 Å². The van der Waals surface area contributed by atoms with Gasteiger partial charge in [0, 0.05) is 7.05 Å². The van der Waals surface area contributed by atoms with Gasteiger partial charge in [0.05, 0.1) is 24.1 Å². The number of rotatable bonds is 8. The van der Waals surface area contributed by atoms with Gasteiger partial charge < -0.3 is 20.1 Å². The molecule has 0 aromatic heterocycles. The summed E-state index contributed by atoms with van der Waals surface area (Å²) in [5.74, 6) is -2.19. The Balaban J connectivity index is 2.05. The molecule has 0 unspecified atom stereocenters. The number of hydrogen-bond donors (Lipinski definition) is 3. The number of alkyl halides is 3. The second kappa shape index (κ2) is 11.5. The Kier molecular flexibility index (Phi) is 8.78. The molecule has 176 valence electrons. The molecule has 0 saturated heterocycles. The lowest BCUT2D eigenvalue weighted by molar-refractivity contribution is -0.138. The molecular formula is C21H21F3N4O5. The van der Waals surface area contributed by atoms with Crippen LogP contribution < -0.4 is 25.5 Å². The minimum absolute atomic E-state index is 0.169. The van der Waals surface area contributed by atoms with Crippen LogP contribution in [0, 0.1) is 0 Å². The first-order valence-corrected chi connectivity index (χ1v) is 9.56. The van der Waals surface area contributed by atoms with Gasteiger partial charge in [-0.15, -0.1) is 0 Å². The molecule has 2 aromatic carbocycles. The van der Waals surface area contributed by atoms with Gasteiger partial charge in [-0.05, 0) is 42.8 Å². The third-order valence-corrected chi connectivity index (χ3v) is 3.95. The quantitative estimate of drug-likeness (QED) is 0.314. The van der Waals surface area contributed by atoms with E-state index >= 15 is 0 Å². The first-order chi connectivity index (χ1) is 15.7. The fourth-order valence-electron chi connectivity index (χ4n) is 2.49. The highest BCUT2D eigenvalue weighted by atomic mass is 19.4. The SMILES string of the molecule is CCOc1cc(/C=N\NC(=O)C(=O)NC)ccc1OCC(=O)Nc1ccccc1C(F)(F)F. The molecule has 0 heterocycles. The molecule has 0 saturated carbocycles. The van der Waals surface area contributed by atoms with Gasteiger partial charge in [-0.25, -0.2) is 5.43 Å². The zero-order chi connectivity index (χ0) is 24.4. The number of carbonyl (C=O) groups is 3. The number of benzene rings is 2. The summed E-state index contributed by atoms with van der Waals surface area (Å²) in [6.45, 7) is 1.41. The van der Waals surface area contributed by atoms with Crippen molar-refractivity contribution in [1.82, 2.24) is 10.7 Å². The Morgan fingerprint density at radius 2 is 1.76 bits per heavy atom. The minimum atomic E-state index is -4.62. The van der Waals surface area contributed by atoms with Crippen molar-refractivity contribution in [2.75, 3.05) is 25.6 Å². The fourth-order valence-corrected chi connectivity index (χ4v) is 2.49. The second-order valence-corrected chi connectivity index (χ2v) is 6.30. The molecule has 3 amide bonds. The van der Waals surface area contributed by atoms with E-state index in [1.807, 2.05) is 5.43 Å². The Morgan fingerprint density at radius 3 is 2.42 bits per heavy atom. The number of nitrogens with zero attached hydrogens (tertiary/aromatic N) is 1. The summed E-state index contributed by atoms with van der Waals surface area (Å²) in [6.07, 6.45) is -3.36. The smallest absolute Gasteiger partial charge is 0.418 e. The monoisotopic (exact) mass is 466 g/mol. The molecule has 0 aliphatic rings. The van der Waals surface area contributed by atoms with Crippen LogP contribution in [0.4, 0.5) is 18.9 Å². The second-order valence-electron chi connectivity index (χ2n) is 6.30. The molecule has 0 aliphatic carbocycles. The average Bonchev–Trinajstić information content (AvgIpc) is 2.77. The molecule has 3 N–H and O–H groups in total. The number of hydrazone groups is 1. The van der Waals surface area contributed by atoms with Crippen molar-refractivity contribution >= 4 is 29.6 Å². The molecule has 2 rings (SSSR count). The van der Waals surface area contributed by atoms with Gasteiger partial charge in [0.25, 0.3) is 5.91 Å². The number of halogens is 3. The standard InChI is InChI=1S/C21H21F3N4O5/c1-3-32-17-10-13(11-26-28-20(31)19(30)25-2)8-9-16(17)33-12-18(29)27-15-7-5-4-6-14(15)21(22,23)24/h4-11H,3,12H2,1-2H3,(H,25,30)(H,27,29)(H,28,31)/b26-11-. The number of nitrogens with one attached hydrogen (secondary N) is 3. The van der Waals surface area contributed by atoms with Crippen molar-refractivity contribution in [3.8, 4) is 11.5 Å². The normalized spacial score (nSPS) is 11.1. The van der Waals surface area contributed by atoms with Crippen LogP contribution in [0.3, 0.4) is 0 Å². The zero-order valence-corrected chi connectivity index (χ0v) is 17.7. The number of likely N-dealkylation sites (N-methyl/N-ethyl adjacent to an activating group) is 1. The summed E-state index contributed by atoms with van der Waals surface area (Å²) in [7, 11) is 1.30. The number of amides is 3. The summed E-state index contributed by atoms with van der Waals surface area (Å²) >= 11 is 0. The Hall–Kier alpha value is -4.09. The summed E-state index contributed by atoms with van der Waals surface area (Å²) in [5, 5.41) is 7.98. The summed E-state index contributed by atoms with van der Waals surface area (Å²) in [5.41, 5.74) is 1.17. The maximum Gasteiger partial charge on any atom is 0.418 e. The summed E-state index contributed by atoms with van der Waals surface area (Å²) in [4.78, 5) is 34.6. The average molecular weight is 466 g/mol. The highest BCUT2D eigenvalue weighted by Crippen LogP contribution is 2.34. The van der Waals surface area contributed by atoms with Crippen LogP contribution in [0.15, 0.2) is 47.6 Å². The predicted octanol–water partition coefficient (Wildman–Crippen LogP) is 2.32. The van der Waals surface area contributed by atoms with E-state index < -0.39 is 36.1 Å². The minimum Gasteiger partial charge on any atom is -0.490 e. The van der Waals surface area contributed by atoms with Gasteiger partial charge in [-0.3, -0.25) is 14.4 Å². The number of para-hydroxylation sites is 1. The zero-order valence-electron chi connectivity index (χ0n) is 17.7. The summed E-state index contributed by atoms with van der Waals surface area (Å²) < 4.78 is 50.1. The van der Waals surface area contributed by atoms with E-state index in [-0.39, 0.29) is 23.8 Å². The van der Waals surface area contributed by atoms with Crippen molar-refractivity contribution in [2.45, 2.75) is 13.1 Å². The number of carbonyl (C=O) groups excluding carboxylic acids is 3. The number of ether oxygens (including phenoxy) is 2. The van der Waals surface area contributed by atoms with E-state index in [0.717, 1.165) is 12.1 Å². The van der Waals surface area contributed by atoms with Gasteiger partial charge in [0.15, 0.2) is 18.1 Å². The Labute approximate surface area is 186 Å². The molecule has 0 fully saturated rings. The van der Waals surface area contributed by atoms with E-state index in [1.54, 1.807) is 6.92 Å². The molecule has 0 spiro atoms. The molecule has 2 aromatic rings. The first kappa shape index (κ1) is 25.2. The van der Waals surface area contributed by atoms with E-state index in [0.29, 0.717) is 5.56 Å². The Bertz CT molecular complexity index is 1040. The summed E-state index contributed by atoms with van der Waals surface area (Å²) in [6, 6.07) is 9.10.